The van der Waals surface area contributed by atoms with Crippen molar-refractivity contribution in [3.63, 3.8) is 0 Å². The lowest BCUT2D eigenvalue weighted by atomic mass is 9.95. The molecule has 7 rings (SSSR count). The van der Waals surface area contributed by atoms with Gasteiger partial charge in [0.2, 0.25) is 5.91 Å². The summed E-state index contributed by atoms with van der Waals surface area (Å²) in [5.74, 6) is 2.12. The molecular formula is C38H44N6O. The molecule has 0 atom stereocenters. The monoisotopic (exact) mass is 600 g/mol. The fourth-order valence-electron chi connectivity index (χ4n) is 7.05. The summed E-state index contributed by atoms with van der Waals surface area (Å²) in [4.78, 5) is 32.7. The molecule has 3 heterocycles. The average Bonchev–Trinajstić information content (AvgIpc) is 3.62. The van der Waals surface area contributed by atoms with Gasteiger partial charge in [-0.3, -0.25) is 14.6 Å². The van der Waals surface area contributed by atoms with Gasteiger partial charge in [-0.1, -0.05) is 90.0 Å². The van der Waals surface area contributed by atoms with Gasteiger partial charge in [-0.05, 0) is 44.2 Å². The van der Waals surface area contributed by atoms with Crippen molar-refractivity contribution < 1.29 is 4.79 Å². The summed E-state index contributed by atoms with van der Waals surface area (Å²) >= 11 is 0. The summed E-state index contributed by atoms with van der Waals surface area (Å²) in [5, 5.41) is 2.23. The van der Waals surface area contributed by atoms with Gasteiger partial charge >= 0.3 is 0 Å². The predicted molar refractivity (Wildman–Crippen MR) is 181 cm³/mol. The highest BCUT2D eigenvalue weighted by Gasteiger charge is 2.28. The van der Waals surface area contributed by atoms with Crippen molar-refractivity contribution in [1.29, 1.82) is 0 Å². The summed E-state index contributed by atoms with van der Waals surface area (Å²) in [6, 6.07) is 18.3. The van der Waals surface area contributed by atoms with Gasteiger partial charge in [-0.25, -0.2) is 9.97 Å². The Balaban J connectivity index is 1.05. The standard InChI is InChI=1S/C38H44N6O/c1-28-11-15-30(16-12-28)36(31-17-13-29(2)14-18-31)42-21-19-41(20-22-42)27-35-39-34-10-6-5-9-33(34)37(40-35)43-23-25-44(26-24-43)38(45)32-7-3-4-8-32/h3-4,7,9-18,36H,5-6,8,19-27H2,1-2H3. The van der Waals surface area contributed by atoms with Crippen LogP contribution in [0.1, 0.15) is 53.4 Å². The Morgan fingerprint density at radius 3 is 2.04 bits per heavy atom. The summed E-state index contributed by atoms with van der Waals surface area (Å²) in [7, 11) is 0. The van der Waals surface area contributed by atoms with E-state index in [1.807, 2.05) is 17.1 Å². The molecule has 0 saturated carbocycles. The number of amides is 1. The van der Waals surface area contributed by atoms with E-state index in [-0.39, 0.29) is 11.9 Å². The molecule has 0 N–H and O–H groups in total. The lowest BCUT2D eigenvalue weighted by Gasteiger charge is -2.40. The molecule has 2 aliphatic carbocycles. The molecule has 0 radical (unpaired) electrons. The van der Waals surface area contributed by atoms with Crippen molar-refractivity contribution in [2.75, 3.05) is 57.3 Å². The maximum Gasteiger partial charge on any atom is 0.250 e. The SMILES string of the molecule is Cc1ccc(C(c2ccc(C)cc2)N2CCN(Cc3nc(N4CCN(C(=O)C5=CC=CC5)CC4)c4c(n3)=CCCC=4)CC2)cc1. The van der Waals surface area contributed by atoms with Gasteiger partial charge in [0.1, 0.15) is 11.6 Å². The molecule has 0 spiro atoms. The number of rotatable bonds is 7. The summed E-state index contributed by atoms with van der Waals surface area (Å²) < 4.78 is 0. The third kappa shape index (κ3) is 6.51. The van der Waals surface area contributed by atoms with E-state index in [0.29, 0.717) is 0 Å². The molecule has 7 nitrogen and oxygen atoms in total. The second kappa shape index (κ2) is 13.1. The van der Waals surface area contributed by atoms with E-state index < -0.39 is 0 Å². The first-order valence-corrected chi connectivity index (χ1v) is 16.6. The van der Waals surface area contributed by atoms with E-state index in [4.69, 9.17) is 9.97 Å². The second-order valence-electron chi connectivity index (χ2n) is 12.9. The van der Waals surface area contributed by atoms with Gasteiger partial charge in [-0.2, -0.15) is 0 Å². The third-order valence-corrected chi connectivity index (χ3v) is 9.69. The van der Waals surface area contributed by atoms with Crippen molar-refractivity contribution in [1.82, 2.24) is 24.7 Å². The van der Waals surface area contributed by atoms with Gasteiger partial charge in [0.15, 0.2) is 0 Å². The van der Waals surface area contributed by atoms with Crippen LogP contribution >= 0.6 is 0 Å². The molecule has 1 aromatic heterocycles. The first-order valence-electron chi connectivity index (χ1n) is 16.6. The number of piperazine rings is 2. The highest BCUT2D eigenvalue weighted by Crippen LogP contribution is 2.30. The number of benzene rings is 2. The number of nitrogens with zero attached hydrogens (tertiary/aromatic N) is 6. The molecule has 0 bridgehead atoms. The molecule has 2 saturated heterocycles. The van der Waals surface area contributed by atoms with E-state index in [1.165, 1.54) is 22.3 Å². The second-order valence-corrected chi connectivity index (χ2v) is 12.9. The van der Waals surface area contributed by atoms with Crippen molar-refractivity contribution in [2.24, 2.45) is 0 Å². The molecule has 2 aromatic carbocycles. The maximum atomic E-state index is 13.0. The van der Waals surface area contributed by atoms with Crippen LogP contribution in [0.25, 0.3) is 12.2 Å². The molecule has 7 heteroatoms. The van der Waals surface area contributed by atoms with E-state index in [0.717, 1.165) is 106 Å². The van der Waals surface area contributed by atoms with Crippen molar-refractivity contribution in [3.8, 4) is 0 Å². The zero-order valence-electron chi connectivity index (χ0n) is 26.7. The zero-order chi connectivity index (χ0) is 30.8. The van der Waals surface area contributed by atoms with Crippen LogP contribution in [0.2, 0.25) is 0 Å². The van der Waals surface area contributed by atoms with Crippen LogP contribution in [0.15, 0.2) is 72.3 Å². The Morgan fingerprint density at radius 2 is 1.42 bits per heavy atom. The highest BCUT2D eigenvalue weighted by atomic mass is 16.2. The molecule has 3 aromatic rings. The van der Waals surface area contributed by atoms with Crippen LogP contribution in [-0.2, 0) is 11.3 Å². The topological polar surface area (TPSA) is 55.8 Å². The minimum Gasteiger partial charge on any atom is -0.352 e. The number of aryl methyl sites for hydroxylation is 2. The van der Waals surface area contributed by atoms with Gasteiger partial charge in [0.25, 0.3) is 0 Å². The van der Waals surface area contributed by atoms with Crippen LogP contribution in [0.4, 0.5) is 5.82 Å². The van der Waals surface area contributed by atoms with Crippen LogP contribution in [0.5, 0.6) is 0 Å². The fourth-order valence-corrected chi connectivity index (χ4v) is 7.05. The normalized spacial score (nSPS) is 18.9. The van der Waals surface area contributed by atoms with Crippen molar-refractivity contribution in [3.05, 3.63) is 111 Å². The number of allylic oxidation sites excluding steroid dienone is 3. The first-order chi connectivity index (χ1) is 22.0. The number of hydrogen-bond donors (Lipinski definition) is 0. The molecule has 4 aliphatic rings. The first kappa shape index (κ1) is 29.6. The lowest BCUT2D eigenvalue weighted by molar-refractivity contribution is -0.127. The number of fused-ring (bicyclic) bond motifs is 1. The quantitative estimate of drug-likeness (QED) is 0.410. The van der Waals surface area contributed by atoms with Gasteiger partial charge in [0, 0.05) is 63.1 Å². The molecule has 2 aliphatic heterocycles. The Bertz CT molecular complexity index is 1660. The minimum absolute atomic E-state index is 0.177. The van der Waals surface area contributed by atoms with Gasteiger partial charge < -0.3 is 9.80 Å². The highest BCUT2D eigenvalue weighted by molar-refractivity contribution is 5.94. The predicted octanol–water partition coefficient (Wildman–Crippen LogP) is 3.89. The summed E-state index contributed by atoms with van der Waals surface area (Å²) in [5.41, 5.74) is 6.19. The molecular weight excluding hydrogens is 556 g/mol. The van der Waals surface area contributed by atoms with E-state index in [2.05, 4.69) is 95.3 Å². The van der Waals surface area contributed by atoms with E-state index in [9.17, 15) is 4.79 Å². The van der Waals surface area contributed by atoms with Crippen LogP contribution < -0.4 is 15.5 Å². The lowest BCUT2D eigenvalue weighted by Crippen LogP contribution is -2.52. The molecule has 1 amide bonds. The third-order valence-electron chi connectivity index (χ3n) is 9.69. The van der Waals surface area contributed by atoms with Gasteiger partial charge in [0.05, 0.1) is 17.9 Å². The van der Waals surface area contributed by atoms with Crippen molar-refractivity contribution in [2.45, 2.75) is 45.7 Å². The number of carbonyl (C=O) groups excluding carboxylic acids is 1. The number of hydrogen-bond acceptors (Lipinski definition) is 6. The van der Waals surface area contributed by atoms with Crippen LogP contribution in [0.3, 0.4) is 0 Å². The number of aromatic nitrogens is 2. The smallest absolute Gasteiger partial charge is 0.250 e. The largest absolute Gasteiger partial charge is 0.352 e. The van der Waals surface area contributed by atoms with Crippen LogP contribution in [-0.4, -0.2) is 82.9 Å². The minimum atomic E-state index is 0.177. The fraction of sp³-hybridized carbons (Fsp3) is 0.395. The Morgan fingerprint density at radius 1 is 0.778 bits per heavy atom. The molecule has 2 fully saturated rings. The van der Waals surface area contributed by atoms with Gasteiger partial charge in [-0.15, -0.1) is 0 Å². The number of anilines is 1. The van der Waals surface area contributed by atoms with E-state index in [1.54, 1.807) is 0 Å². The average molecular weight is 601 g/mol. The van der Waals surface area contributed by atoms with Crippen molar-refractivity contribution >= 4 is 23.9 Å². The Hall–Kier alpha value is -4.07. The van der Waals surface area contributed by atoms with E-state index >= 15 is 0 Å². The Labute approximate surface area is 266 Å². The molecule has 232 valence electrons. The zero-order valence-corrected chi connectivity index (χ0v) is 26.7. The molecule has 0 unspecified atom stereocenters. The summed E-state index contributed by atoms with van der Waals surface area (Å²) in [6.45, 7) is 12.0. The molecule has 45 heavy (non-hydrogen) atoms. The van der Waals surface area contributed by atoms with Crippen LogP contribution in [0, 0.1) is 13.8 Å². The Kier molecular flexibility index (Phi) is 8.64. The summed E-state index contributed by atoms with van der Waals surface area (Å²) in [6.07, 6.45) is 13.4. The maximum absolute atomic E-state index is 13.0. The number of carbonyl (C=O) groups is 1.